The van der Waals surface area contributed by atoms with E-state index >= 15 is 0 Å². The van der Waals surface area contributed by atoms with Crippen molar-refractivity contribution in [2.24, 2.45) is 5.73 Å². The third-order valence-electron chi connectivity index (χ3n) is 2.16. The van der Waals surface area contributed by atoms with Crippen molar-refractivity contribution in [3.05, 3.63) is 35.4 Å². The number of hydrogen-bond acceptors (Lipinski definition) is 1. The summed E-state index contributed by atoms with van der Waals surface area (Å²) in [7, 11) is 0. The third kappa shape index (κ3) is 2.48. The molecule has 0 aliphatic carbocycles. The molecule has 1 atom stereocenters. The summed E-state index contributed by atoms with van der Waals surface area (Å²) in [6.45, 7) is 2.31. The van der Waals surface area contributed by atoms with Crippen molar-refractivity contribution in [1.82, 2.24) is 0 Å². The lowest BCUT2D eigenvalue weighted by Crippen LogP contribution is -2.10. The third-order valence-corrected chi connectivity index (χ3v) is 2.16. The van der Waals surface area contributed by atoms with Gasteiger partial charge in [-0.15, -0.1) is 0 Å². The molecule has 78 valence electrons. The Kier molecular flexibility index (Phi) is 3.16. The highest BCUT2D eigenvalue weighted by Gasteiger charge is 2.29. The first-order valence-electron chi connectivity index (χ1n) is 4.32. The highest BCUT2D eigenvalue weighted by molar-refractivity contribution is 5.26. The van der Waals surface area contributed by atoms with Gasteiger partial charge in [0, 0.05) is 0 Å². The van der Waals surface area contributed by atoms with Crippen LogP contribution in [-0.2, 0) is 6.18 Å². The number of hydrogen-bond donors (Lipinski definition) is 1. The fourth-order valence-electron chi connectivity index (χ4n) is 1.14. The molecule has 0 saturated heterocycles. The van der Waals surface area contributed by atoms with Crippen LogP contribution in [0, 0.1) is 0 Å². The Labute approximate surface area is 80.7 Å². The van der Waals surface area contributed by atoms with Crippen molar-refractivity contribution in [2.45, 2.75) is 19.0 Å². The fourth-order valence-corrected chi connectivity index (χ4v) is 1.14. The van der Waals surface area contributed by atoms with E-state index in [2.05, 4.69) is 0 Å². The minimum atomic E-state index is -4.26. The summed E-state index contributed by atoms with van der Waals surface area (Å²) in [5.41, 5.74) is 5.62. The molecule has 2 N–H and O–H groups in total. The van der Waals surface area contributed by atoms with E-state index in [-0.39, 0.29) is 5.92 Å². The van der Waals surface area contributed by atoms with E-state index in [0.29, 0.717) is 6.54 Å². The molecule has 0 fully saturated rings. The second-order valence-electron chi connectivity index (χ2n) is 3.26. The van der Waals surface area contributed by atoms with Gasteiger partial charge < -0.3 is 5.73 Å². The van der Waals surface area contributed by atoms with Crippen molar-refractivity contribution >= 4 is 0 Å². The monoisotopic (exact) mass is 203 g/mol. The van der Waals surface area contributed by atoms with Crippen LogP contribution in [0.1, 0.15) is 24.0 Å². The van der Waals surface area contributed by atoms with Crippen molar-refractivity contribution in [3.63, 3.8) is 0 Å². The molecule has 0 aromatic heterocycles. The lowest BCUT2D eigenvalue weighted by Gasteiger charge is -2.11. The molecular weight excluding hydrogens is 191 g/mol. The molecule has 0 aliphatic rings. The highest BCUT2D eigenvalue weighted by Crippen LogP contribution is 2.29. The smallest absolute Gasteiger partial charge is 0.330 e. The first-order chi connectivity index (χ1) is 6.45. The largest absolute Gasteiger partial charge is 0.416 e. The summed E-state index contributed by atoms with van der Waals surface area (Å²) in [5, 5.41) is 0. The molecule has 14 heavy (non-hydrogen) atoms. The zero-order valence-corrected chi connectivity index (χ0v) is 7.81. The summed E-state index contributed by atoms with van der Waals surface area (Å²) < 4.78 is 36.5. The van der Waals surface area contributed by atoms with E-state index in [0.717, 1.165) is 17.7 Å². The molecule has 1 aromatic rings. The molecule has 0 bridgehead atoms. The van der Waals surface area contributed by atoms with Crippen molar-refractivity contribution in [1.29, 1.82) is 0 Å². The van der Waals surface area contributed by atoms with Gasteiger partial charge in [-0.3, -0.25) is 0 Å². The minimum absolute atomic E-state index is 0.0947. The molecule has 0 amide bonds. The van der Waals surface area contributed by atoms with Gasteiger partial charge in [-0.05, 0) is 30.2 Å². The fraction of sp³-hybridized carbons (Fsp3) is 0.400. The maximum Gasteiger partial charge on any atom is 0.416 e. The Morgan fingerprint density at radius 1 is 1.21 bits per heavy atom. The molecule has 1 unspecified atom stereocenters. The van der Waals surface area contributed by atoms with E-state index < -0.39 is 11.7 Å². The molecule has 1 nitrogen and oxygen atoms in total. The quantitative estimate of drug-likeness (QED) is 0.785. The summed E-state index contributed by atoms with van der Waals surface area (Å²) >= 11 is 0. The van der Waals surface area contributed by atoms with E-state index in [9.17, 15) is 13.2 Å². The van der Waals surface area contributed by atoms with Crippen molar-refractivity contribution < 1.29 is 13.2 Å². The van der Waals surface area contributed by atoms with Crippen LogP contribution in [0.5, 0.6) is 0 Å². The molecule has 1 aromatic carbocycles. The number of benzene rings is 1. The first-order valence-corrected chi connectivity index (χ1v) is 4.32. The van der Waals surface area contributed by atoms with Crippen LogP contribution in [0.2, 0.25) is 0 Å². The van der Waals surface area contributed by atoms with Gasteiger partial charge in [-0.25, -0.2) is 0 Å². The minimum Gasteiger partial charge on any atom is -0.330 e. The van der Waals surface area contributed by atoms with E-state index in [1.807, 2.05) is 6.92 Å². The molecule has 0 radical (unpaired) electrons. The zero-order chi connectivity index (χ0) is 10.8. The topological polar surface area (TPSA) is 26.0 Å². The van der Waals surface area contributed by atoms with Crippen molar-refractivity contribution in [2.75, 3.05) is 6.54 Å². The lowest BCUT2D eigenvalue weighted by molar-refractivity contribution is -0.137. The van der Waals surface area contributed by atoms with Gasteiger partial charge in [0.1, 0.15) is 0 Å². The van der Waals surface area contributed by atoms with Crippen LogP contribution in [0.4, 0.5) is 13.2 Å². The summed E-state index contributed by atoms with van der Waals surface area (Å²) in [4.78, 5) is 0. The summed E-state index contributed by atoms with van der Waals surface area (Å²) in [5.74, 6) is 0.0947. The number of alkyl halides is 3. The standard InChI is InChI=1S/C10H12F3N/c1-7(6-14)8-2-4-9(5-3-8)10(11,12)13/h2-5,7H,6,14H2,1H3. The Hall–Kier alpha value is -1.03. The molecule has 1 rings (SSSR count). The van der Waals surface area contributed by atoms with Crippen LogP contribution in [0.15, 0.2) is 24.3 Å². The number of halogens is 3. The SMILES string of the molecule is CC(CN)c1ccc(C(F)(F)F)cc1. The second kappa shape index (κ2) is 4.00. The maximum absolute atomic E-state index is 12.2. The average Bonchev–Trinajstić information content (AvgIpc) is 2.15. The van der Waals surface area contributed by atoms with Crippen molar-refractivity contribution in [3.8, 4) is 0 Å². The molecule has 0 aliphatic heterocycles. The van der Waals surface area contributed by atoms with E-state index in [4.69, 9.17) is 5.73 Å². The summed E-state index contributed by atoms with van der Waals surface area (Å²) in [6, 6.07) is 5.11. The Bertz CT molecular complexity index is 289. The zero-order valence-electron chi connectivity index (χ0n) is 7.81. The first kappa shape index (κ1) is 11.0. The number of nitrogens with two attached hydrogens (primary N) is 1. The van der Waals surface area contributed by atoms with Gasteiger partial charge in [0.25, 0.3) is 0 Å². The molecule has 0 heterocycles. The van der Waals surface area contributed by atoms with Crippen LogP contribution in [0.25, 0.3) is 0 Å². The van der Waals surface area contributed by atoms with Gasteiger partial charge in [0.2, 0.25) is 0 Å². The van der Waals surface area contributed by atoms with Gasteiger partial charge >= 0.3 is 6.18 Å². The van der Waals surface area contributed by atoms with Crippen LogP contribution in [-0.4, -0.2) is 6.54 Å². The molecular formula is C10H12F3N. The highest BCUT2D eigenvalue weighted by atomic mass is 19.4. The van der Waals surface area contributed by atoms with Gasteiger partial charge in [0.15, 0.2) is 0 Å². The van der Waals surface area contributed by atoms with Crippen LogP contribution < -0.4 is 5.73 Å². The lowest BCUT2D eigenvalue weighted by atomic mass is 10.00. The van der Waals surface area contributed by atoms with E-state index in [1.165, 1.54) is 12.1 Å². The number of rotatable bonds is 2. The normalized spacial score (nSPS) is 14.1. The predicted molar refractivity (Wildman–Crippen MR) is 48.9 cm³/mol. The van der Waals surface area contributed by atoms with Gasteiger partial charge in [-0.1, -0.05) is 19.1 Å². The van der Waals surface area contributed by atoms with Crippen LogP contribution >= 0.6 is 0 Å². The van der Waals surface area contributed by atoms with E-state index in [1.54, 1.807) is 0 Å². The Morgan fingerprint density at radius 2 is 1.71 bits per heavy atom. The predicted octanol–water partition coefficient (Wildman–Crippen LogP) is 2.77. The average molecular weight is 203 g/mol. The Balaban J connectivity index is 2.89. The van der Waals surface area contributed by atoms with Gasteiger partial charge in [0.05, 0.1) is 5.56 Å². The summed E-state index contributed by atoms with van der Waals surface area (Å²) in [6.07, 6.45) is -4.26. The maximum atomic E-state index is 12.2. The molecule has 0 saturated carbocycles. The molecule has 4 heteroatoms. The second-order valence-corrected chi connectivity index (χ2v) is 3.26. The van der Waals surface area contributed by atoms with Crippen LogP contribution in [0.3, 0.4) is 0 Å². The Morgan fingerprint density at radius 3 is 2.07 bits per heavy atom. The molecule has 0 spiro atoms. The van der Waals surface area contributed by atoms with Gasteiger partial charge in [-0.2, -0.15) is 13.2 Å².